The molecule has 1 N–H and O–H groups in total. The molecule has 1 aliphatic heterocycles. The Morgan fingerprint density at radius 1 is 0.929 bits per heavy atom. The topological polar surface area (TPSA) is 55.1 Å². The van der Waals surface area contributed by atoms with Crippen molar-refractivity contribution in [2.24, 2.45) is 0 Å². The third-order valence-corrected chi connectivity index (χ3v) is 6.04. The maximum Gasteiger partial charge on any atom is 0.187 e. The molecule has 1 aliphatic rings. The van der Waals surface area contributed by atoms with Gasteiger partial charge in [0.05, 0.1) is 16.7 Å². The van der Waals surface area contributed by atoms with Gasteiger partial charge >= 0.3 is 0 Å². The number of para-hydroxylation sites is 2. The second-order valence-corrected chi connectivity index (χ2v) is 7.75. The average molecular weight is 384 g/mol. The van der Waals surface area contributed by atoms with Crippen LogP contribution in [0.4, 0.5) is 0 Å². The lowest BCUT2D eigenvalue weighted by Gasteiger charge is -2.24. The number of nitrogens with zero attached hydrogens (tertiary/aromatic N) is 2. The summed E-state index contributed by atoms with van der Waals surface area (Å²) in [5.41, 5.74) is 3.48. The van der Waals surface area contributed by atoms with E-state index < -0.39 is 4.93 Å². The van der Waals surface area contributed by atoms with Gasteiger partial charge in [0.25, 0.3) is 0 Å². The summed E-state index contributed by atoms with van der Waals surface area (Å²) >= 11 is 1.25. The Morgan fingerprint density at radius 2 is 1.57 bits per heavy atom. The van der Waals surface area contributed by atoms with Crippen LogP contribution in [0.1, 0.15) is 15.9 Å². The fourth-order valence-corrected chi connectivity index (χ4v) is 4.69. The van der Waals surface area contributed by atoms with Crippen molar-refractivity contribution in [2.45, 2.75) is 10.1 Å². The zero-order valence-electron chi connectivity index (χ0n) is 14.8. The van der Waals surface area contributed by atoms with Crippen LogP contribution in [0.15, 0.2) is 96.2 Å². The van der Waals surface area contributed by atoms with Gasteiger partial charge in [0.15, 0.2) is 15.9 Å². The number of thioether (sulfide) groups is 1. The monoisotopic (exact) mass is 384 g/mol. The number of rotatable bonds is 3. The molecule has 0 saturated heterocycles. The zero-order chi connectivity index (χ0) is 19.1. The van der Waals surface area contributed by atoms with Gasteiger partial charge < -0.3 is 5.11 Å². The standard InChI is InChI=1S/C23H16N2O2S/c26-20(16-9-3-1-4-10-16)15-21-23(27,17-11-5-2-6-12-17)28-22-24-18-13-7-8-14-19(18)25(21)22/h1-15,27H/b21-15-. The molecule has 5 heteroatoms. The maximum absolute atomic E-state index is 13.0. The Bertz CT molecular complexity index is 1220. The van der Waals surface area contributed by atoms with Crippen LogP contribution in [0.2, 0.25) is 0 Å². The van der Waals surface area contributed by atoms with Crippen molar-refractivity contribution in [2.75, 3.05) is 0 Å². The van der Waals surface area contributed by atoms with Gasteiger partial charge in [-0.1, -0.05) is 72.8 Å². The number of carbonyl (C=O) groups excluding carboxylic acids is 1. The van der Waals surface area contributed by atoms with Crippen molar-refractivity contribution in [3.63, 3.8) is 0 Å². The van der Waals surface area contributed by atoms with Gasteiger partial charge in [-0.15, -0.1) is 0 Å². The minimum atomic E-state index is -1.39. The van der Waals surface area contributed by atoms with Crippen LogP contribution in [-0.2, 0) is 4.93 Å². The molecule has 3 aromatic carbocycles. The number of carbonyl (C=O) groups is 1. The van der Waals surface area contributed by atoms with Crippen molar-refractivity contribution < 1.29 is 9.90 Å². The van der Waals surface area contributed by atoms with Gasteiger partial charge in [-0.3, -0.25) is 9.36 Å². The number of imidazole rings is 1. The minimum absolute atomic E-state index is 0.156. The summed E-state index contributed by atoms with van der Waals surface area (Å²) in [5.74, 6) is -0.156. The number of ketones is 1. The number of aliphatic hydroxyl groups is 1. The van der Waals surface area contributed by atoms with E-state index in [4.69, 9.17) is 0 Å². The Labute approximate surface area is 166 Å². The van der Waals surface area contributed by atoms with Gasteiger partial charge in [-0.25, -0.2) is 4.98 Å². The number of benzene rings is 3. The highest BCUT2D eigenvalue weighted by Gasteiger charge is 2.45. The summed E-state index contributed by atoms with van der Waals surface area (Å²) < 4.78 is 1.88. The molecule has 4 nitrogen and oxygen atoms in total. The lowest BCUT2D eigenvalue weighted by atomic mass is 10.0. The molecule has 0 fully saturated rings. The highest BCUT2D eigenvalue weighted by Crippen LogP contribution is 2.54. The summed E-state index contributed by atoms with van der Waals surface area (Å²) in [6, 6.07) is 26.2. The molecule has 1 unspecified atom stereocenters. The number of hydrogen-bond acceptors (Lipinski definition) is 4. The first-order valence-electron chi connectivity index (χ1n) is 8.93. The Kier molecular flexibility index (Phi) is 3.93. The van der Waals surface area contributed by atoms with Crippen LogP contribution in [0.3, 0.4) is 0 Å². The van der Waals surface area contributed by atoms with Gasteiger partial charge in [0.1, 0.15) is 0 Å². The first kappa shape index (κ1) is 17.0. The summed E-state index contributed by atoms with van der Waals surface area (Å²) in [5, 5.41) is 12.3. The summed E-state index contributed by atoms with van der Waals surface area (Å²) in [6.07, 6.45) is 1.53. The van der Waals surface area contributed by atoms with E-state index in [0.717, 1.165) is 11.0 Å². The van der Waals surface area contributed by atoms with E-state index in [9.17, 15) is 9.90 Å². The van der Waals surface area contributed by atoms with Crippen molar-refractivity contribution >= 4 is 34.3 Å². The molecule has 0 aliphatic carbocycles. The van der Waals surface area contributed by atoms with Crippen molar-refractivity contribution in [1.82, 2.24) is 9.55 Å². The largest absolute Gasteiger partial charge is 0.370 e. The summed E-state index contributed by atoms with van der Waals surface area (Å²) in [6.45, 7) is 0. The first-order chi connectivity index (χ1) is 13.7. The molecule has 5 rings (SSSR count). The zero-order valence-corrected chi connectivity index (χ0v) is 15.6. The molecule has 136 valence electrons. The first-order valence-corrected chi connectivity index (χ1v) is 9.75. The third-order valence-electron chi connectivity index (χ3n) is 4.85. The lowest BCUT2D eigenvalue weighted by Crippen LogP contribution is -2.22. The molecule has 1 aromatic heterocycles. The number of hydrogen-bond donors (Lipinski definition) is 1. The second kappa shape index (κ2) is 6.48. The normalized spacial score (nSPS) is 19.8. The Morgan fingerprint density at radius 3 is 2.32 bits per heavy atom. The predicted octanol–water partition coefficient (Wildman–Crippen LogP) is 4.71. The third kappa shape index (κ3) is 2.59. The van der Waals surface area contributed by atoms with E-state index in [-0.39, 0.29) is 5.78 Å². The second-order valence-electron chi connectivity index (χ2n) is 6.59. The van der Waals surface area contributed by atoms with Gasteiger partial charge in [0.2, 0.25) is 0 Å². The molecule has 0 amide bonds. The Balaban J connectivity index is 1.73. The van der Waals surface area contributed by atoms with Crippen LogP contribution in [0.25, 0.3) is 16.7 Å². The quantitative estimate of drug-likeness (QED) is 0.410. The number of fused-ring (bicyclic) bond motifs is 3. The number of allylic oxidation sites excluding steroid dienone is 1. The fraction of sp³-hybridized carbons (Fsp3) is 0.0435. The molecule has 2 heterocycles. The molecule has 1 atom stereocenters. The molecule has 0 bridgehead atoms. The average Bonchev–Trinajstić information content (AvgIpc) is 3.23. The lowest BCUT2D eigenvalue weighted by molar-refractivity contribution is 0.104. The van der Waals surface area contributed by atoms with Crippen molar-refractivity contribution in [3.05, 3.63) is 102 Å². The molecule has 4 aromatic rings. The minimum Gasteiger partial charge on any atom is -0.370 e. The van der Waals surface area contributed by atoms with Crippen LogP contribution in [0, 0.1) is 0 Å². The van der Waals surface area contributed by atoms with E-state index in [2.05, 4.69) is 4.98 Å². The molecular formula is C23H16N2O2S. The van der Waals surface area contributed by atoms with E-state index in [1.54, 1.807) is 12.1 Å². The maximum atomic E-state index is 13.0. The smallest absolute Gasteiger partial charge is 0.187 e. The van der Waals surface area contributed by atoms with Gasteiger partial charge in [-0.05, 0) is 23.9 Å². The molecule has 28 heavy (non-hydrogen) atoms. The highest BCUT2D eigenvalue weighted by atomic mass is 32.2. The van der Waals surface area contributed by atoms with Crippen molar-refractivity contribution in [1.29, 1.82) is 0 Å². The highest BCUT2D eigenvalue weighted by molar-refractivity contribution is 8.00. The van der Waals surface area contributed by atoms with E-state index in [1.165, 1.54) is 17.8 Å². The molecule has 0 radical (unpaired) electrons. The van der Waals surface area contributed by atoms with Crippen LogP contribution >= 0.6 is 11.8 Å². The van der Waals surface area contributed by atoms with Crippen molar-refractivity contribution in [3.8, 4) is 0 Å². The Hall–Kier alpha value is -3.15. The van der Waals surface area contributed by atoms with E-state index in [1.807, 2.05) is 77.4 Å². The van der Waals surface area contributed by atoms with E-state index in [0.29, 0.717) is 22.0 Å². The summed E-state index contributed by atoms with van der Waals surface area (Å²) in [4.78, 5) is 16.2. The number of aromatic nitrogens is 2. The van der Waals surface area contributed by atoms with Crippen LogP contribution < -0.4 is 0 Å². The van der Waals surface area contributed by atoms with E-state index >= 15 is 0 Å². The summed E-state index contributed by atoms with van der Waals surface area (Å²) in [7, 11) is 0. The molecule has 0 saturated carbocycles. The van der Waals surface area contributed by atoms with Crippen LogP contribution in [-0.4, -0.2) is 20.4 Å². The predicted molar refractivity (Wildman–Crippen MR) is 111 cm³/mol. The fourth-order valence-electron chi connectivity index (χ4n) is 3.48. The molecular weight excluding hydrogens is 368 g/mol. The van der Waals surface area contributed by atoms with Gasteiger partial charge in [-0.2, -0.15) is 0 Å². The molecule has 0 spiro atoms. The van der Waals surface area contributed by atoms with Gasteiger partial charge in [0, 0.05) is 17.2 Å². The van der Waals surface area contributed by atoms with Crippen LogP contribution in [0.5, 0.6) is 0 Å². The SMILES string of the molecule is O=C(/C=C1\n2c(nc3ccccc32)SC1(O)c1ccccc1)c1ccccc1.